The molecule has 0 aromatic carbocycles. The first-order chi connectivity index (χ1) is 20.1. The Balaban J connectivity index is 2.80. The molecule has 18 heteroatoms. The normalized spacial score (nSPS) is 26.4. The summed E-state index contributed by atoms with van der Waals surface area (Å²) in [6.07, 6.45) is -6.65. The van der Waals surface area contributed by atoms with Crippen LogP contribution < -0.4 is 14.7 Å². The number of carbonyl (C=O) groups is 2. The Morgan fingerprint density at radius 2 is 1.12 bits per heavy atom. The van der Waals surface area contributed by atoms with E-state index in [9.17, 15) is 53.8 Å². The molecule has 3 unspecified atom stereocenters. The van der Waals surface area contributed by atoms with Crippen molar-refractivity contribution in [3.8, 4) is 0 Å². The fourth-order valence-electron chi connectivity index (χ4n) is 4.30. The number of hydrogen-bond acceptors (Lipinski definition) is 16. The lowest BCUT2D eigenvalue weighted by Gasteiger charge is -2.47. The van der Waals surface area contributed by atoms with Gasteiger partial charge in [0.05, 0.1) is 14.4 Å². The minimum absolute atomic E-state index is 0.0241. The van der Waals surface area contributed by atoms with Gasteiger partial charge in [-0.15, -0.1) is 0 Å². The number of carbonyl (C=O) groups excluding carboxylic acids is 2. The van der Waals surface area contributed by atoms with Gasteiger partial charge in [-0.25, -0.2) is 0 Å². The molecule has 1 aliphatic rings. The van der Waals surface area contributed by atoms with E-state index in [1.54, 1.807) is 0 Å². The van der Waals surface area contributed by atoms with E-state index in [-0.39, 0.29) is 12.8 Å². The molecule has 254 valence electrons. The van der Waals surface area contributed by atoms with Crippen LogP contribution in [0.3, 0.4) is 0 Å². The summed E-state index contributed by atoms with van der Waals surface area (Å²) >= 11 is 0. The van der Waals surface area contributed by atoms with Crippen molar-refractivity contribution < 1.29 is 76.9 Å². The number of esters is 2. The number of unbranched alkanes of at least 4 members (excludes halogenated alkanes) is 8. The third-order valence-corrected chi connectivity index (χ3v) is 8.13. The lowest BCUT2D eigenvalue weighted by atomic mass is 9.85. The van der Waals surface area contributed by atoms with Crippen molar-refractivity contribution >= 4 is 27.6 Å². The molecule has 0 radical (unpaired) electrons. The van der Waals surface area contributed by atoms with Crippen molar-refractivity contribution in [1.29, 1.82) is 0 Å². The third kappa shape index (κ3) is 16.2. The van der Waals surface area contributed by atoms with Crippen LogP contribution >= 0.6 is 15.6 Å². The van der Waals surface area contributed by atoms with E-state index in [0.717, 1.165) is 51.4 Å². The maximum absolute atomic E-state index is 12.5. The Bertz CT molecular complexity index is 898. The van der Waals surface area contributed by atoms with Gasteiger partial charge in [0.2, 0.25) is 0 Å². The summed E-state index contributed by atoms with van der Waals surface area (Å²) in [6, 6.07) is 0. The first-order valence-corrected chi connectivity index (χ1v) is 17.5. The van der Waals surface area contributed by atoms with Crippen LogP contribution in [0.15, 0.2) is 0 Å². The molecule has 16 nitrogen and oxygen atoms in total. The Morgan fingerprint density at radius 1 is 0.674 bits per heavy atom. The van der Waals surface area contributed by atoms with Gasteiger partial charge >= 0.3 is 11.9 Å². The predicted molar refractivity (Wildman–Crippen MR) is 143 cm³/mol. The van der Waals surface area contributed by atoms with Gasteiger partial charge in [0.15, 0.2) is 6.10 Å². The molecule has 1 aliphatic carbocycles. The van der Waals surface area contributed by atoms with E-state index >= 15 is 0 Å². The second-order valence-corrected chi connectivity index (χ2v) is 12.9. The van der Waals surface area contributed by atoms with Crippen LogP contribution in [-0.4, -0.2) is 88.3 Å². The molecule has 43 heavy (non-hydrogen) atoms. The SMILES string of the molecule is CCCCCCCC(=O)OC[C@H](COP(=O)([O-])OC1[C@H](O)[C@H](O)C(OP(=O)([O-])[O-])[C@H](O)[C@H]1O)OC(=O)CCCCCCC. The zero-order valence-corrected chi connectivity index (χ0v) is 26.3. The molecular weight excluding hydrogens is 618 g/mol. The van der Waals surface area contributed by atoms with Gasteiger partial charge in [0.25, 0.3) is 7.82 Å². The Morgan fingerprint density at radius 3 is 1.58 bits per heavy atom. The van der Waals surface area contributed by atoms with E-state index in [1.165, 1.54) is 0 Å². The highest BCUT2D eigenvalue weighted by molar-refractivity contribution is 7.45. The van der Waals surface area contributed by atoms with Crippen molar-refractivity contribution in [2.24, 2.45) is 0 Å². The Labute approximate surface area is 251 Å². The van der Waals surface area contributed by atoms with Crippen LogP contribution in [0, 0.1) is 0 Å². The summed E-state index contributed by atoms with van der Waals surface area (Å²) in [5, 5.41) is 40.5. The van der Waals surface area contributed by atoms with Crippen LogP contribution in [0.1, 0.15) is 90.9 Å². The molecule has 0 spiro atoms. The molecule has 1 saturated carbocycles. The number of ether oxygens (including phenoxy) is 2. The van der Waals surface area contributed by atoms with E-state index < -0.39 is 83.5 Å². The van der Waals surface area contributed by atoms with Crippen molar-refractivity contribution in [1.82, 2.24) is 0 Å². The number of hydrogen-bond donors (Lipinski definition) is 4. The minimum Gasteiger partial charge on any atom is -0.790 e. The largest absolute Gasteiger partial charge is 0.790 e. The molecule has 4 N–H and O–H groups in total. The molecule has 0 aromatic heterocycles. The van der Waals surface area contributed by atoms with E-state index in [4.69, 9.17) is 14.0 Å². The van der Waals surface area contributed by atoms with Gasteiger partial charge < -0.3 is 62.7 Å². The molecule has 1 rings (SSSR count). The van der Waals surface area contributed by atoms with Crippen LogP contribution in [0.25, 0.3) is 0 Å². The molecular formula is C25H45O16P2-3. The number of rotatable bonds is 22. The van der Waals surface area contributed by atoms with Gasteiger partial charge in [-0.1, -0.05) is 65.2 Å². The summed E-state index contributed by atoms with van der Waals surface area (Å²) in [7, 11) is -11.3. The standard InChI is InChI=1S/C25H48O16P2/c1-3-5-7-9-11-13-18(26)37-15-17(39-19(27)14-12-10-8-6-4-2)16-38-43(35,36)41-25-22(30)20(28)24(21(29)23(25)31)40-42(32,33)34/h17,20-25,28-31H,3-16H2,1-2H3,(H,35,36)(H2,32,33,34)/p-3/t17-,20-,21+,22-,23-,24?,25?/m1/s1. The fourth-order valence-corrected chi connectivity index (χ4v) is 5.80. The summed E-state index contributed by atoms with van der Waals surface area (Å²) in [4.78, 5) is 58.7. The van der Waals surface area contributed by atoms with Gasteiger partial charge in [-0.3, -0.25) is 14.2 Å². The summed E-state index contributed by atoms with van der Waals surface area (Å²) < 4.78 is 47.1. The summed E-state index contributed by atoms with van der Waals surface area (Å²) in [6.45, 7) is 2.66. The van der Waals surface area contributed by atoms with Crippen LogP contribution in [0.5, 0.6) is 0 Å². The zero-order chi connectivity index (χ0) is 32.6. The summed E-state index contributed by atoms with van der Waals surface area (Å²) in [5.41, 5.74) is 0. The minimum atomic E-state index is -5.80. The Hall–Kier alpha value is -1.00. The number of phosphoric ester groups is 2. The van der Waals surface area contributed by atoms with Crippen molar-refractivity contribution in [3.63, 3.8) is 0 Å². The van der Waals surface area contributed by atoms with Crippen molar-refractivity contribution in [2.45, 2.75) is 134 Å². The Kier molecular flexibility index (Phi) is 18.8. The van der Waals surface area contributed by atoms with Crippen LogP contribution in [0.2, 0.25) is 0 Å². The molecule has 0 saturated heterocycles. The highest BCUT2D eigenvalue weighted by atomic mass is 31.2. The van der Waals surface area contributed by atoms with Crippen molar-refractivity contribution in [3.05, 3.63) is 0 Å². The smallest absolute Gasteiger partial charge is 0.306 e. The van der Waals surface area contributed by atoms with E-state index in [0.29, 0.717) is 12.8 Å². The molecule has 0 aromatic rings. The topological polar surface area (TPSA) is 265 Å². The highest BCUT2D eigenvalue weighted by Crippen LogP contribution is 2.44. The predicted octanol–water partition coefficient (Wildman–Crippen LogP) is -0.296. The fraction of sp³-hybridized carbons (Fsp3) is 0.920. The van der Waals surface area contributed by atoms with E-state index in [1.807, 2.05) is 6.92 Å². The first-order valence-electron chi connectivity index (χ1n) is 14.5. The zero-order valence-electron chi connectivity index (χ0n) is 24.5. The maximum atomic E-state index is 12.5. The van der Waals surface area contributed by atoms with Gasteiger partial charge in [-0.2, -0.15) is 0 Å². The van der Waals surface area contributed by atoms with Crippen molar-refractivity contribution in [2.75, 3.05) is 13.2 Å². The maximum Gasteiger partial charge on any atom is 0.306 e. The third-order valence-electron chi connectivity index (χ3n) is 6.66. The molecule has 1 fully saturated rings. The number of aliphatic hydroxyl groups excluding tert-OH is 4. The second kappa shape index (κ2) is 20.2. The quantitative estimate of drug-likeness (QED) is 0.0658. The van der Waals surface area contributed by atoms with Crippen LogP contribution in [0.4, 0.5) is 0 Å². The summed E-state index contributed by atoms with van der Waals surface area (Å²) in [5.74, 6) is -1.28. The molecule has 8 atom stereocenters. The highest BCUT2D eigenvalue weighted by Gasteiger charge is 2.51. The molecule has 0 aliphatic heterocycles. The van der Waals surface area contributed by atoms with Gasteiger partial charge in [0, 0.05) is 12.8 Å². The molecule has 0 bridgehead atoms. The molecule has 0 heterocycles. The lowest BCUT2D eigenvalue weighted by molar-refractivity contribution is -0.353. The lowest BCUT2D eigenvalue weighted by Crippen LogP contribution is -2.65. The average Bonchev–Trinajstić information content (AvgIpc) is 2.93. The van der Waals surface area contributed by atoms with Gasteiger partial charge in [-0.05, 0) is 12.8 Å². The molecule has 0 amide bonds. The van der Waals surface area contributed by atoms with Crippen LogP contribution in [-0.2, 0) is 41.8 Å². The second-order valence-electron chi connectivity index (χ2n) is 10.4. The van der Waals surface area contributed by atoms with E-state index in [2.05, 4.69) is 16.0 Å². The van der Waals surface area contributed by atoms with Gasteiger partial charge in [0.1, 0.15) is 43.2 Å². The number of aliphatic hydroxyl groups is 4. The monoisotopic (exact) mass is 663 g/mol. The number of phosphoric acid groups is 2. The first kappa shape index (κ1) is 40.0. The average molecular weight is 664 g/mol.